The van der Waals surface area contributed by atoms with Gasteiger partial charge in [0.1, 0.15) is 5.75 Å². The van der Waals surface area contributed by atoms with Gasteiger partial charge in [0.05, 0.1) is 11.7 Å². The summed E-state index contributed by atoms with van der Waals surface area (Å²) in [4.78, 5) is 22.6. The molecule has 1 saturated heterocycles. The van der Waals surface area contributed by atoms with E-state index in [2.05, 4.69) is 16.0 Å². The molecule has 0 bridgehead atoms. The number of amides is 3. The van der Waals surface area contributed by atoms with Crippen LogP contribution in [0.25, 0.3) is 0 Å². The molecule has 3 N–H and O–H groups in total. The fourth-order valence-corrected chi connectivity index (χ4v) is 2.10. The van der Waals surface area contributed by atoms with Crippen LogP contribution in [0.15, 0.2) is 18.2 Å². The van der Waals surface area contributed by atoms with E-state index in [1.54, 1.807) is 6.92 Å². The number of hydrogen-bond donors (Lipinski definition) is 3. The van der Waals surface area contributed by atoms with Crippen molar-refractivity contribution in [3.05, 3.63) is 23.8 Å². The van der Waals surface area contributed by atoms with Crippen LogP contribution in [0, 0.1) is 0 Å². The number of urea groups is 1. The van der Waals surface area contributed by atoms with Crippen LogP contribution in [-0.4, -0.2) is 24.6 Å². The minimum absolute atomic E-state index is 0.0703. The molecule has 6 heteroatoms. The lowest BCUT2D eigenvalue weighted by Crippen LogP contribution is -2.34. The van der Waals surface area contributed by atoms with Gasteiger partial charge in [-0.3, -0.25) is 4.79 Å². The Hall–Kier alpha value is -2.24. The molecule has 18 heavy (non-hydrogen) atoms. The number of carbonyl (C=O) groups excluding carboxylic acids is 2. The van der Waals surface area contributed by atoms with Gasteiger partial charge in [-0.1, -0.05) is 6.07 Å². The Morgan fingerprint density at radius 1 is 1.33 bits per heavy atom. The lowest BCUT2D eigenvalue weighted by molar-refractivity contribution is -0.122. The number of ether oxygens (including phenoxy) is 1. The molecule has 3 amide bonds. The molecule has 0 aromatic heterocycles. The Bertz CT molecular complexity index is 529. The molecule has 0 saturated carbocycles. The van der Waals surface area contributed by atoms with Crippen molar-refractivity contribution in [3.63, 3.8) is 0 Å². The van der Waals surface area contributed by atoms with Crippen molar-refractivity contribution < 1.29 is 14.3 Å². The van der Waals surface area contributed by atoms with E-state index in [-0.39, 0.29) is 18.0 Å². The maximum Gasteiger partial charge on any atom is 0.315 e. The van der Waals surface area contributed by atoms with Crippen molar-refractivity contribution in [2.75, 3.05) is 11.9 Å². The first-order chi connectivity index (χ1) is 8.63. The SMILES string of the molecule is CC1Oc2ccc(C3CNC(=O)N3)cc2NC1=O. The molecule has 2 atom stereocenters. The Morgan fingerprint density at radius 3 is 2.89 bits per heavy atom. The molecule has 0 spiro atoms. The van der Waals surface area contributed by atoms with Gasteiger partial charge >= 0.3 is 6.03 Å². The summed E-state index contributed by atoms with van der Waals surface area (Å²) in [6, 6.07) is 5.29. The second kappa shape index (κ2) is 3.90. The number of carbonyl (C=O) groups is 2. The highest BCUT2D eigenvalue weighted by Crippen LogP contribution is 2.32. The summed E-state index contributed by atoms with van der Waals surface area (Å²) in [5.41, 5.74) is 1.59. The summed E-state index contributed by atoms with van der Waals surface area (Å²) in [5, 5.41) is 8.28. The van der Waals surface area contributed by atoms with Gasteiger partial charge in [-0.2, -0.15) is 0 Å². The lowest BCUT2D eigenvalue weighted by atomic mass is 10.1. The van der Waals surface area contributed by atoms with Crippen molar-refractivity contribution in [2.24, 2.45) is 0 Å². The molecule has 2 aliphatic heterocycles. The molecular weight excluding hydrogens is 234 g/mol. The number of nitrogens with one attached hydrogen (secondary N) is 3. The zero-order valence-corrected chi connectivity index (χ0v) is 9.82. The molecule has 0 radical (unpaired) electrons. The number of hydrogen-bond acceptors (Lipinski definition) is 3. The van der Waals surface area contributed by atoms with Gasteiger partial charge in [-0.15, -0.1) is 0 Å². The van der Waals surface area contributed by atoms with Crippen molar-refractivity contribution in [3.8, 4) is 5.75 Å². The van der Waals surface area contributed by atoms with Gasteiger partial charge in [-0.25, -0.2) is 4.79 Å². The smallest absolute Gasteiger partial charge is 0.315 e. The first-order valence-electron chi connectivity index (χ1n) is 5.79. The number of benzene rings is 1. The van der Waals surface area contributed by atoms with E-state index in [1.807, 2.05) is 18.2 Å². The summed E-state index contributed by atoms with van der Waals surface area (Å²) in [6.45, 7) is 2.25. The fourth-order valence-electron chi connectivity index (χ4n) is 2.10. The van der Waals surface area contributed by atoms with E-state index >= 15 is 0 Å². The molecule has 2 unspecified atom stereocenters. The normalized spacial score (nSPS) is 25.6. The van der Waals surface area contributed by atoms with Crippen molar-refractivity contribution in [1.29, 1.82) is 0 Å². The Balaban J connectivity index is 1.89. The third kappa shape index (κ3) is 1.75. The molecule has 1 aromatic rings. The molecule has 1 fully saturated rings. The molecule has 0 aliphatic carbocycles. The highest BCUT2D eigenvalue weighted by molar-refractivity contribution is 5.97. The lowest BCUT2D eigenvalue weighted by Gasteiger charge is -2.24. The third-order valence-electron chi connectivity index (χ3n) is 3.11. The highest BCUT2D eigenvalue weighted by Gasteiger charge is 2.26. The van der Waals surface area contributed by atoms with Crippen molar-refractivity contribution in [2.45, 2.75) is 19.1 Å². The van der Waals surface area contributed by atoms with Gasteiger partial charge in [0.2, 0.25) is 0 Å². The Labute approximate surface area is 104 Å². The second-order valence-electron chi connectivity index (χ2n) is 4.41. The van der Waals surface area contributed by atoms with E-state index < -0.39 is 6.10 Å². The zero-order valence-electron chi connectivity index (χ0n) is 9.82. The van der Waals surface area contributed by atoms with Crippen LogP contribution < -0.4 is 20.7 Å². The molecule has 2 aliphatic rings. The molecule has 1 aromatic carbocycles. The average molecular weight is 247 g/mol. The van der Waals surface area contributed by atoms with Crippen LogP contribution in [0.5, 0.6) is 5.75 Å². The number of fused-ring (bicyclic) bond motifs is 1. The monoisotopic (exact) mass is 247 g/mol. The predicted octanol–water partition coefficient (Wildman–Crippen LogP) is 0.760. The van der Waals surface area contributed by atoms with Crippen LogP contribution in [-0.2, 0) is 4.79 Å². The first-order valence-corrected chi connectivity index (χ1v) is 5.79. The molecule has 6 nitrogen and oxygen atoms in total. The standard InChI is InChI=1S/C12H13N3O3/c1-6-11(16)14-8-4-7(2-3-10(8)18-6)9-5-13-12(17)15-9/h2-4,6,9H,5H2,1H3,(H,14,16)(H2,13,15,17). The second-order valence-corrected chi connectivity index (χ2v) is 4.41. The molecule has 2 heterocycles. The summed E-state index contributed by atoms with van der Waals surface area (Å²) < 4.78 is 5.47. The van der Waals surface area contributed by atoms with Gasteiger partial charge in [0, 0.05) is 6.54 Å². The van der Waals surface area contributed by atoms with Crippen molar-refractivity contribution >= 4 is 17.6 Å². The predicted molar refractivity (Wildman–Crippen MR) is 64.4 cm³/mol. The molecule has 94 valence electrons. The van der Waals surface area contributed by atoms with Gasteiger partial charge < -0.3 is 20.7 Å². The maximum absolute atomic E-state index is 11.5. The van der Waals surface area contributed by atoms with E-state index in [0.29, 0.717) is 18.0 Å². The largest absolute Gasteiger partial charge is 0.479 e. The summed E-state index contributed by atoms with van der Waals surface area (Å²) in [5.74, 6) is 0.497. The van der Waals surface area contributed by atoms with Gasteiger partial charge in [-0.05, 0) is 24.6 Å². The van der Waals surface area contributed by atoms with E-state index in [0.717, 1.165) is 5.56 Å². The van der Waals surface area contributed by atoms with Crippen LogP contribution in [0.2, 0.25) is 0 Å². The number of anilines is 1. The minimum Gasteiger partial charge on any atom is -0.479 e. The Kier molecular flexibility index (Phi) is 2.36. The summed E-state index contributed by atoms with van der Waals surface area (Å²) in [7, 11) is 0. The van der Waals surface area contributed by atoms with Gasteiger partial charge in [0.25, 0.3) is 5.91 Å². The van der Waals surface area contributed by atoms with Crippen molar-refractivity contribution in [1.82, 2.24) is 10.6 Å². The third-order valence-corrected chi connectivity index (χ3v) is 3.11. The summed E-state index contributed by atoms with van der Waals surface area (Å²) in [6.07, 6.45) is -0.476. The fraction of sp³-hybridized carbons (Fsp3) is 0.333. The first kappa shape index (κ1) is 10.9. The van der Waals surface area contributed by atoms with Crippen LogP contribution in [0.3, 0.4) is 0 Å². The van der Waals surface area contributed by atoms with E-state index in [1.165, 1.54) is 0 Å². The maximum atomic E-state index is 11.5. The van der Waals surface area contributed by atoms with Gasteiger partial charge in [0.15, 0.2) is 6.10 Å². The molecule has 3 rings (SSSR count). The Morgan fingerprint density at radius 2 is 2.17 bits per heavy atom. The van der Waals surface area contributed by atoms with E-state index in [4.69, 9.17) is 4.74 Å². The van der Waals surface area contributed by atoms with E-state index in [9.17, 15) is 9.59 Å². The number of rotatable bonds is 1. The highest BCUT2D eigenvalue weighted by atomic mass is 16.5. The van der Waals surface area contributed by atoms with Crippen LogP contribution >= 0.6 is 0 Å². The quantitative estimate of drug-likeness (QED) is 0.685. The minimum atomic E-state index is -0.476. The topological polar surface area (TPSA) is 79.5 Å². The van der Waals surface area contributed by atoms with Crippen LogP contribution in [0.4, 0.5) is 10.5 Å². The molecular formula is C12H13N3O3. The van der Waals surface area contributed by atoms with Crippen LogP contribution in [0.1, 0.15) is 18.5 Å². The average Bonchev–Trinajstić information content (AvgIpc) is 2.77. The summed E-state index contributed by atoms with van der Waals surface area (Å²) >= 11 is 0. The zero-order chi connectivity index (χ0) is 12.7.